The Balaban J connectivity index is 1.02. The van der Waals surface area contributed by atoms with Gasteiger partial charge in [-0.1, -0.05) is 12.1 Å². The summed E-state index contributed by atoms with van der Waals surface area (Å²) in [5.41, 5.74) is 2.70. The monoisotopic (exact) mass is 1500 g/mol. The van der Waals surface area contributed by atoms with Crippen LogP contribution in [0.5, 0.6) is 5.75 Å². The number of fused-ring (bicyclic) bond motifs is 15. The number of aliphatic hydroxyl groups excluding tert-OH is 2. The molecule has 1 saturated heterocycles. The molecule has 39 heteroatoms. The van der Waals surface area contributed by atoms with Crippen LogP contribution in [0.3, 0.4) is 0 Å². The molecular formula is C63H67N15O19S5. The molecule has 1 aromatic carbocycles. The summed E-state index contributed by atoms with van der Waals surface area (Å²) >= 11 is 4.45. The number of allylic oxidation sites excluding steroid dienone is 1. The number of pyridine rings is 1. The quantitative estimate of drug-likeness (QED) is 0.0448. The van der Waals surface area contributed by atoms with Crippen molar-refractivity contribution in [2.75, 3.05) is 47.5 Å². The normalized spacial score (nSPS) is 23.9. The fraction of sp³-hybridized carbons (Fsp3) is 0.397. The third-order valence-corrected chi connectivity index (χ3v) is 21.7. The number of benzene rings is 1. The van der Waals surface area contributed by atoms with Crippen molar-refractivity contribution in [3.63, 3.8) is 0 Å². The first-order chi connectivity index (χ1) is 48.7. The number of thiazole rings is 5. The van der Waals surface area contributed by atoms with Crippen LogP contribution in [0.1, 0.15) is 125 Å². The van der Waals surface area contributed by atoms with Gasteiger partial charge >= 0.3 is 11.9 Å². The highest BCUT2D eigenvalue weighted by Gasteiger charge is 2.49. The van der Waals surface area contributed by atoms with E-state index in [1.807, 2.05) is 0 Å². The molecule has 0 radical (unpaired) electrons. The first-order valence-electron chi connectivity index (χ1n) is 31.3. The molecule has 7 aromatic heterocycles. The molecule has 11 unspecified atom stereocenters. The molecule has 1 fully saturated rings. The van der Waals surface area contributed by atoms with Crippen molar-refractivity contribution in [3.05, 3.63) is 112 Å². The van der Waals surface area contributed by atoms with E-state index in [0.717, 1.165) is 56.7 Å². The van der Waals surface area contributed by atoms with Gasteiger partial charge in [0, 0.05) is 62.9 Å². The zero-order valence-corrected chi connectivity index (χ0v) is 59.1. The van der Waals surface area contributed by atoms with Gasteiger partial charge in [0.1, 0.15) is 126 Å². The van der Waals surface area contributed by atoms with Gasteiger partial charge in [-0.15, -0.1) is 56.7 Å². The molecule has 538 valence electrons. The lowest BCUT2D eigenvalue weighted by molar-refractivity contribution is -0.272. The Morgan fingerprint density at radius 2 is 1.55 bits per heavy atom. The number of amides is 6. The number of ether oxygens (including phenoxy) is 6. The summed E-state index contributed by atoms with van der Waals surface area (Å²) in [6.45, 7) is 4.03. The number of aromatic nitrogens is 7. The number of likely N-dealkylation sites (N-methyl/N-ethyl adjacent to an activating group) is 2. The highest BCUT2D eigenvalue weighted by Crippen LogP contribution is 2.43. The minimum absolute atomic E-state index is 0.00346. The Morgan fingerprint density at radius 1 is 0.873 bits per heavy atom. The number of rotatable bonds is 13. The summed E-state index contributed by atoms with van der Waals surface area (Å²) < 4.78 is 38.1. The van der Waals surface area contributed by atoms with Crippen molar-refractivity contribution in [3.8, 4) is 38.4 Å². The largest absolute Gasteiger partial charge is 0.506 e. The zero-order valence-electron chi connectivity index (χ0n) is 55.1. The number of cyclic esters (lactones) is 2. The highest BCUT2D eigenvalue weighted by molar-refractivity contribution is 7.14. The molecular weight excluding hydrogens is 1430 g/mol. The Kier molecular flexibility index (Phi) is 21.2. The van der Waals surface area contributed by atoms with Crippen LogP contribution in [0, 0.1) is 0 Å². The lowest BCUT2D eigenvalue weighted by Crippen LogP contribution is -2.61. The summed E-state index contributed by atoms with van der Waals surface area (Å²) in [7, 11) is 4.55. The summed E-state index contributed by atoms with van der Waals surface area (Å²) in [6.07, 6.45) is -7.62. The standard InChI is InChI=1S/C63H67N15O19S5/c1-24(80)41-55(87)75-42(25(2)92-7)58-70-36(23-100-58)54(86)76-45-47-48(97-39-14-63(4,90)49(65-5)26(3)96-39)62(89)94-16-27-9-8-10-37-40(27)29(17-93-47)46(78(37)91)61(88)95-18-31(67-52(84)34-22-102-60(45)72-34)57-68-32(19-99-57)43-28(56-69-35(20-98-56)53(85)74-41)13-38(81)44(73-43)59-71-33(21-101-59)51(83)66-30(50(64)82)15-77(6)11-12-79/h8-10,13,19-24,26,30-31,39,41,45,47-49,65,79-81,90-91H,11-12,14-18H2,1-7H3,(H2,64,82)(H,66,83)(H,67,84)(H,74,85)(H,75,87)(H,76,86)/b42-25+. The van der Waals surface area contributed by atoms with E-state index in [-0.39, 0.29) is 124 Å². The first-order valence-corrected chi connectivity index (χ1v) is 35.7. The number of nitrogens with two attached hydrogens (primary N) is 1. The summed E-state index contributed by atoms with van der Waals surface area (Å²) in [5, 5.41) is 80.2. The Labute approximate surface area is 598 Å². The molecule has 0 saturated carbocycles. The van der Waals surface area contributed by atoms with Gasteiger partial charge in [0.05, 0.1) is 49.7 Å². The number of hydrogen-bond donors (Lipinski definition) is 12. The maximum atomic E-state index is 15.2. The van der Waals surface area contributed by atoms with Crippen LogP contribution >= 0.6 is 56.7 Å². The predicted octanol–water partition coefficient (Wildman–Crippen LogP) is 2.33. The smallest absolute Gasteiger partial charge is 0.358 e. The molecule has 0 aliphatic carbocycles. The molecule has 13 N–H and O–H groups in total. The third kappa shape index (κ3) is 14.7. The van der Waals surface area contributed by atoms with Crippen LogP contribution in [0.15, 0.2) is 56.9 Å². The van der Waals surface area contributed by atoms with E-state index in [0.29, 0.717) is 10.3 Å². The maximum absolute atomic E-state index is 15.2. The van der Waals surface area contributed by atoms with Crippen LogP contribution in [0.25, 0.3) is 49.3 Å². The first kappa shape index (κ1) is 72.4. The van der Waals surface area contributed by atoms with Crippen molar-refractivity contribution in [1.82, 2.24) is 71.4 Å². The summed E-state index contributed by atoms with van der Waals surface area (Å²) in [6, 6.07) is -0.666. The van der Waals surface area contributed by atoms with Crippen LogP contribution < -0.4 is 37.6 Å². The van der Waals surface area contributed by atoms with Crippen LogP contribution in [-0.4, -0.2) is 214 Å². The second-order valence-electron chi connectivity index (χ2n) is 24.3. The van der Waals surface area contributed by atoms with Crippen LogP contribution in [0.2, 0.25) is 0 Å². The van der Waals surface area contributed by atoms with Crippen molar-refractivity contribution >= 4 is 121 Å². The lowest BCUT2D eigenvalue weighted by Gasteiger charge is -2.45. The summed E-state index contributed by atoms with van der Waals surface area (Å²) in [4.78, 5) is 145. The molecule has 102 heavy (non-hydrogen) atoms. The van der Waals surface area contributed by atoms with E-state index >= 15 is 19.2 Å². The number of carbonyl (C=O) groups excluding carboxylic acids is 8. The van der Waals surface area contributed by atoms with Crippen molar-refractivity contribution in [2.45, 2.75) is 114 Å². The molecule has 4 aliphatic rings. The molecule has 12 rings (SSSR count). The molecule has 11 atom stereocenters. The molecule has 34 nitrogen and oxygen atoms in total. The zero-order chi connectivity index (χ0) is 72.7. The maximum Gasteiger partial charge on any atom is 0.358 e. The number of hydrogen-bond acceptors (Lipinski definition) is 32. The molecule has 6 amide bonds. The number of nitrogens with zero attached hydrogens (tertiary/aromatic N) is 8. The average molecular weight is 1500 g/mol. The van der Waals surface area contributed by atoms with E-state index in [1.54, 1.807) is 45.0 Å². The van der Waals surface area contributed by atoms with E-state index in [2.05, 4.69) is 46.9 Å². The van der Waals surface area contributed by atoms with Gasteiger partial charge in [-0.3, -0.25) is 28.8 Å². The van der Waals surface area contributed by atoms with Gasteiger partial charge in [-0.2, -0.15) is 4.73 Å². The van der Waals surface area contributed by atoms with Gasteiger partial charge in [0.25, 0.3) is 23.6 Å². The number of carbonyl (C=O) groups is 8. The number of nitrogens with one attached hydrogen (secondary N) is 6. The van der Waals surface area contributed by atoms with E-state index < -0.39 is 145 Å². The van der Waals surface area contributed by atoms with Crippen LogP contribution in [-0.2, 0) is 56.0 Å². The number of esters is 2. The third-order valence-electron chi connectivity index (χ3n) is 17.2. The average Bonchev–Trinajstić information content (AvgIpc) is 1.58. The van der Waals surface area contributed by atoms with Gasteiger partial charge in [-0.25, -0.2) is 39.5 Å². The van der Waals surface area contributed by atoms with Gasteiger partial charge in [-0.05, 0) is 59.5 Å². The number of methoxy groups -OCH3 is 1. The minimum atomic E-state index is -1.92. The second-order valence-corrected chi connectivity index (χ2v) is 28.7. The van der Waals surface area contributed by atoms with Crippen molar-refractivity contribution in [1.29, 1.82) is 0 Å². The van der Waals surface area contributed by atoms with Crippen LogP contribution in [0.4, 0.5) is 0 Å². The van der Waals surface area contributed by atoms with Crippen molar-refractivity contribution in [2.24, 2.45) is 5.73 Å². The number of primary amides is 1. The second kappa shape index (κ2) is 29.9. The molecule has 12 bridgehead atoms. The van der Waals surface area contributed by atoms with Gasteiger partial charge < -0.3 is 96.6 Å². The minimum Gasteiger partial charge on any atom is -0.506 e. The highest BCUT2D eigenvalue weighted by atomic mass is 32.1. The van der Waals surface area contributed by atoms with E-state index in [1.165, 1.54) is 60.0 Å². The fourth-order valence-corrected chi connectivity index (χ4v) is 16.2. The molecule has 8 aromatic rings. The summed E-state index contributed by atoms with van der Waals surface area (Å²) in [5.74, 6) is -8.14. The predicted molar refractivity (Wildman–Crippen MR) is 365 cm³/mol. The van der Waals surface area contributed by atoms with Gasteiger partial charge in [0.2, 0.25) is 11.8 Å². The Hall–Kier alpha value is -9.36. The number of aromatic hydroxyl groups is 1. The fourth-order valence-electron chi connectivity index (χ4n) is 12.1. The topological polar surface area (TPSA) is 477 Å². The molecule has 11 heterocycles. The van der Waals surface area contributed by atoms with E-state index in [4.69, 9.17) is 49.1 Å². The van der Waals surface area contributed by atoms with E-state index in [9.17, 15) is 44.8 Å². The number of aliphatic hydroxyl groups is 3. The molecule has 0 spiro atoms. The van der Waals surface area contributed by atoms with Gasteiger partial charge in [0.15, 0.2) is 18.1 Å². The lowest BCUT2D eigenvalue weighted by atomic mass is 9.86. The van der Waals surface area contributed by atoms with Crippen molar-refractivity contribution < 1.29 is 92.4 Å². The Bertz CT molecular complexity index is 4640. The Morgan fingerprint density at radius 3 is 2.26 bits per heavy atom. The molecule has 4 aliphatic heterocycles. The SMILES string of the molecule is CNC1C(C)OC(OC2C(=O)OCc3cccc4c3c3c(n4O)C(=O)OCC4NC(=O)c5csc(n5)C(NC(=O)c5csc(n5)/C(=C(/C)OC)NC(=O)C(C(C)O)NC(=O)c5csc(n5)-c5cc(O)c(-c6nc(C(=O)NC(CN(C)CCO)C(N)=O)cs6)nc5-c5csc4n5)C2OC3)CC1(C)O.